The molecule has 104 valence electrons. The third kappa shape index (κ3) is 3.42. The van der Waals surface area contributed by atoms with Crippen molar-refractivity contribution < 1.29 is 9.53 Å². The number of thioether (sulfide) groups is 1. The molecule has 0 aliphatic carbocycles. The second kappa shape index (κ2) is 6.82. The molecule has 2 rings (SSSR count). The molecule has 4 nitrogen and oxygen atoms in total. The molecule has 0 bridgehead atoms. The molecule has 0 radical (unpaired) electrons. The number of nitrogens with zero attached hydrogens (tertiary/aromatic N) is 1. The van der Waals surface area contributed by atoms with Crippen molar-refractivity contribution in [1.82, 2.24) is 0 Å². The summed E-state index contributed by atoms with van der Waals surface area (Å²) in [5, 5.41) is 0. The largest absolute Gasteiger partial charge is 0.491 e. The lowest BCUT2D eigenvalue weighted by molar-refractivity contribution is -0.119. The molecule has 1 heterocycles. The molecule has 1 amide bonds. The van der Waals surface area contributed by atoms with Crippen molar-refractivity contribution in [2.24, 2.45) is 5.73 Å². The molecule has 0 aromatic heterocycles. The summed E-state index contributed by atoms with van der Waals surface area (Å²) in [6.07, 6.45) is 3.56. The van der Waals surface area contributed by atoms with Crippen molar-refractivity contribution in [2.75, 3.05) is 30.1 Å². The smallest absolute Gasteiger partial charge is 0.244 e. The minimum absolute atomic E-state index is 0.00741. The number of amides is 1. The summed E-state index contributed by atoms with van der Waals surface area (Å²) in [7, 11) is 0. The van der Waals surface area contributed by atoms with Crippen molar-refractivity contribution in [3.8, 4) is 5.75 Å². The van der Waals surface area contributed by atoms with E-state index in [1.807, 2.05) is 30.5 Å². The molecular weight excluding hydrogens is 260 g/mol. The van der Waals surface area contributed by atoms with Crippen LogP contribution in [0.4, 0.5) is 5.69 Å². The third-order valence-electron chi connectivity index (χ3n) is 3.16. The maximum atomic E-state index is 12.5. The molecule has 1 aromatic rings. The molecule has 1 atom stereocenters. The molecule has 0 unspecified atom stereocenters. The van der Waals surface area contributed by atoms with Gasteiger partial charge in [0.1, 0.15) is 5.75 Å². The van der Waals surface area contributed by atoms with Crippen LogP contribution in [0.5, 0.6) is 5.75 Å². The Balaban J connectivity index is 2.17. The molecule has 0 fully saturated rings. The highest BCUT2D eigenvalue weighted by atomic mass is 32.2. The predicted octanol–water partition coefficient (Wildman–Crippen LogP) is 1.88. The number of benzene rings is 1. The number of hydrogen-bond acceptors (Lipinski definition) is 4. The minimum atomic E-state index is -0.432. The van der Waals surface area contributed by atoms with Crippen molar-refractivity contribution in [2.45, 2.75) is 18.9 Å². The molecule has 0 saturated heterocycles. The predicted molar refractivity (Wildman–Crippen MR) is 79.9 cm³/mol. The Labute approximate surface area is 118 Å². The van der Waals surface area contributed by atoms with Crippen molar-refractivity contribution >= 4 is 23.4 Å². The van der Waals surface area contributed by atoms with Gasteiger partial charge in [-0.15, -0.1) is 0 Å². The first-order valence-corrected chi connectivity index (χ1v) is 7.91. The summed E-state index contributed by atoms with van der Waals surface area (Å²) in [5.74, 6) is 1.66. The van der Waals surface area contributed by atoms with Gasteiger partial charge in [0, 0.05) is 6.54 Å². The van der Waals surface area contributed by atoms with E-state index in [9.17, 15) is 4.79 Å². The average Bonchev–Trinajstić information content (AvgIpc) is 2.66. The first-order valence-electron chi connectivity index (χ1n) is 6.51. The van der Waals surface area contributed by atoms with E-state index in [-0.39, 0.29) is 5.91 Å². The molecule has 2 N–H and O–H groups in total. The Kier molecular flexibility index (Phi) is 5.10. The maximum Gasteiger partial charge on any atom is 0.244 e. The first kappa shape index (κ1) is 14.2. The van der Waals surface area contributed by atoms with Crippen LogP contribution in [0.1, 0.15) is 12.8 Å². The quantitative estimate of drug-likeness (QED) is 0.915. The standard InChI is InChI=1S/C14H20N2O2S/c1-19-10-7-11(15)14(17)16-8-4-9-18-13-6-3-2-5-12(13)16/h2-3,5-6,11H,4,7-10,15H2,1H3/t11-/m1/s1. The van der Waals surface area contributed by atoms with E-state index in [0.717, 1.165) is 23.6 Å². The minimum Gasteiger partial charge on any atom is -0.491 e. The number of anilines is 1. The van der Waals surface area contributed by atoms with Crippen LogP contribution in [0.25, 0.3) is 0 Å². The Bertz CT molecular complexity index is 439. The van der Waals surface area contributed by atoms with E-state index in [2.05, 4.69) is 0 Å². The van der Waals surface area contributed by atoms with E-state index in [4.69, 9.17) is 10.5 Å². The fourth-order valence-electron chi connectivity index (χ4n) is 2.12. The second-order valence-corrected chi connectivity index (χ2v) is 5.53. The number of para-hydroxylation sites is 2. The van der Waals surface area contributed by atoms with Gasteiger partial charge >= 0.3 is 0 Å². The zero-order valence-electron chi connectivity index (χ0n) is 11.2. The summed E-state index contributed by atoms with van der Waals surface area (Å²) in [4.78, 5) is 14.2. The average molecular weight is 280 g/mol. The van der Waals surface area contributed by atoms with E-state index >= 15 is 0 Å². The molecule has 19 heavy (non-hydrogen) atoms. The lowest BCUT2D eigenvalue weighted by Crippen LogP contribution is -2.44. The van der Waals surface area contributed by atoms with Gasteiger partial charge in [-0.3, -0.25) is 4.79 Å². The Hall–Kier alpha value is -1.20. The molecule has 0 saturated carbocycles. The van der Waals surface area contributed by atoms with Gasteiger partial charge in [-0.2, -0.15) is 11.8 Å². The Morgan fingerprint density at radius 2 is 2.32 bits per heavy atom. The zero-order valence-corrected chi connectivity index (χ0v) is 12.0. The van der Waals surface area contributed by atoms with Crippen molar-refractivity contribution in [1.29, 1.82) is 0 Å². The molecule has 5 heteroatoms. The number of carbonyl (C=O) groups excluding carboxylic acids is 1. The van der Waals surface area contributed by atoms with Gasteiger partial charge in [0.05, 0.1) is 18.3 Å². The number of fused-ring (bicyclic) bond motifs is 1. The number of carbonyl (C=O) groups is 1. The third-order valence-corrected chi connectivity index (χ3v) is 3.80. The monoisotopic (exact) mass is 280 g/mol. The van der Waals surface area contributed by atoms with Crippen LogP contribution in [0.15, 0.2) is 24.3 Å². The van der Waals surface area contributed by atoms with Gasteiger partial charge in [-0.1, -0.05) is 12.1 Å². The van der Waals surface area contributed by atoms with E-state index in [0.29, 0.717) is 19.6 Å². The fourth-order valence-corrected chi connectivity index (χ4v) is 2.61. The summed E-state index contributed by atoms with van der Waals surface area (Å²) in [6.45, 7) is 1.31. The summed E-state index contributed by atoms with van der Waals surface area (Å²) in [5.41, 5.74) is 6.83. The van der Waals surface area contributed by atoms with Crippen molar-refractivity contribution in [3.05, 3.63) is 24.3 Å². The van der Waals surface area contributed by atoms with E-state index in [1.165, 1.54) is 0 Å². The van der Waals surface area contributed by atoms with Gasteiger partial charge in [-0.25, -0.2) is 0 Å². The van der Waals surface area contributed by atoms with Gasteiger partial charge in [-0.05, 0) is 37.0 Å². The van der Waals surface area contributed by atoms with Gasteiger partial charge in [0.15, 0.2) is 0 Å². The molecule has 0 spiro atoms. The first-order chi connectivity index (χ1) is 9.24. The maximum absolute atomic E-state index is 12.5. The molecule has 1 aliphatic heterocycles. The highest BCUT2D eigenvalue weighted by Crippen LogP contribution is 2.30. The normalized spacial score (nSPS) is 16.2. The molecular formula is C14H20N2O2S. The van der Waals surface area contributed by atoms with Gasteiger partial charge < -0.3 is 15.4 Å². The van der Waals surface area contributed by atoms with Crippen LogP contribution >= 0.6 is 11.8 Å². The number of rotatable bonds is 4. The highest BCUT2D eigenvalue weighted by molar-refractivity contribution is 7.98. The second-order valence-electron chi connectivity index (χ2n) is 4.55. The fraction of sp³-hybridized carbons (Fsp3) is 0.500. The topological polar surface area (TPSA) is 55.6 Å². The van der Waals surface area contributed by atoms with Gasteiger partial charge in [0.2, 0.25) is 5.91 Å². The van der Waals surface area contributed by atoms with Crippen LogP contribution in [0.2, 0.25) is 0 Å². The van der Waals surface area contributed by atoms with Crippen LogP contribution in [0.3, 0.4) is 0 Å². The van der Waals surface area contributed by atoms with Crippen LogP contribution in [-0.4, -0.2) is 37.1 Å². The van der Waals surface area contributed by atoms with Crippen LogP contribution in [-0.2, 0) is 4.79 Å². The van der Waals surface area contributed by atoms with Crippen LogP contribution < -0.4 is 15.4 Å². The van der Waals surface area contributed by atoms with Gasteiger partial charge in [0.25, 0.3) is 0 Å². The summed E-state index contributed by atoms with van der Waals surface area (Å²) >= 11 is 1.71. The highest BCUT2D eigenvalue weighted by Gasteiger charge is 2.25. The van der Waals surface area contributed by atoms with Crippen molar-refractivity contribution in [3.63, 3.8) is 0 Å². The lowest BCUT2D eigenvalue weighted by atomic mass is 10.1. The van der Waals surface area contributed by atoms with E-state index in [1.54, 1.807) is 16.7 Å². The Morgan fingerprint density at radius 3 is 3.11 bits per heavy atom. The number of hydrogen-bond donors (Lipinski definition) is 1. The Morgan fingerprint density at radius 1 is 1.53 bits per heavy atom. The molecule has 1 aliphatic rings. The van der Waals surface area contributed by atoms with Crippen LogP contribution in [0, 0.1) is 0 Å². The number of ether oxygens (including phenoxy) is 1. The summed E-state index contributed by atoms with van der Waals surface area (Å²) in [6, 6.07) is 7.22. The zero-order chi connectivity index (χ0) is 13.7. The molecule has 1 aromatic carbocycles. The summed E-state index contributed by atoms with van der Waals surface area (Å²) < 4.78 is 5.65. The lowest BCUT2D eigenvalue weighted by Gasteiger charge is -2.24. The number of nitrogens with two attached hydrogens (primary N) is 1. The van der Waals surface area contributed by atoms with E-state index < -0.39 is 6.04 Å². The SMILES string of the molecule is CSCC[C@@H](N)C(=O)N1CCCOc2ccccc21.